The van der Waals surface area contributed by atoms with Crippen LogP contribution in [0.4, 0.5) is 0 Å². The number of furan rings is 1. The van der Waals surface area contributed by atoms with Gasteiger partial charge in [0.2, 0.25) is 4.96 Å². The number of halogens is 1. The third kappa shape index (κ3) is 4.21. The molecule has 0 saturated carbocycles. The molecule has 0 aliphatic heterocycles. The Hall–Kier alpha value is -3.88. The normalized spacial score (nSPS) is 12.1. The maximum atomic E-state index is 12.8. The van der Waals surface area contributed by atoms with Crippen molar-refractivity contribution in [3.8, 4) is 22.8 Å². The first-order chi connectivity index (χ1) is 16.6. The lowest BCUT2D eigenvalue weighted by molar-refractivity contribution is 0.355. The molecule has 34 heavy (non-hydrogen) atoms. The van der Waals surface area contributed by atoms with E-state index in [-0.39, 0.29) is 5.56 Å². The van der Waals surface area contributed by atoms with Gasteiger partial charge >= 0.3 is 0 Å². The quantitative estimate of drug-likeness (QED) is 0.339. The van der Waals surface area contributed by atoms with Crippen molar-refractivity contribution in [1.82, 2.24) is 14.6 Å². The number of methoxy groups -OCH3 is 2. The van der Waals surface area contributed by atoms with E-state index >= 15 is 0 Å². The Labute approximate surface area is 203 Å². The van der Waals surface area contributed by atoms with E-state index in [1.165, 1.54) is 15.9 Å². The van der Waals surface area contributed by atoms with Crippen LogP contribution in [0.3, 0.4) is 0 Å². The Bertz CT molecular complexity index is 1630. The smallest absolute Gasteiger partial charge is 0.291 e. The number of aromatic nitrogens is 3. The van der Waals surface area contributed by atoms with E-state index < -0.39 is 0 Å². The fourth-order valence-corrected chi connectivity index (χ4v) is 4.54. The summed E-state index contributed by atoms with van der Waals surface area (Å²) in [6.45, 7) is 0. The molecule has 2 aromatic carbocycles. The van der Waals surface area contributed by atoms with Crippen LogP contribution in [-0.2, 0) is 0 Å². The van der Waals surface area contributed by atoms with Gasteiger partial charge in [-0.1, -0.05) is 47.2 Å². The first-order valence-corrected chi connectivity index (χ1v) is 11.4. The molecule has 3 heterocycles. The van der Waals surface area contributed by atoms with E-state index in [9.17, 15) is 4.79 Å². The SMILES string of the molecule is COc1ccc(/C=C/c2nc3s/c(=C\c4ccc(-c5ccccc5Cl)o4)c(=O)n3n2)cc1OC. The monoisotopic (exact) mass is 491 g/mol. The van der Waals surface area contributed by atoms with Crippen LogP contribution >= 0.6 is 22.9 Å². The summed E-state index contributed by atoms with van der Waals surface area (Å²) in [5, 5.41) is 4.92. The van der Waals surface area contributed by atoms with Gasteiger partial charge in [0.25, 0.3) is 5.56 Å². The van der Waals surface area contributed by atoms with Crippen molar-refractivity contribution < 1.29 is 13.9 Å². The lowest BCUT2D eigenvalue weighted by Gasteiger charge is -2.07. The van der Waals surface area contributed by atoms with Crippen molar-refractivity contribution in [2.45, 2.75) is 0 Å². The summed E-state index contributed by atoms with van der Waals surface area (Å²) in [6.07, 6.45) is 5.27. The number of hydrogen-bond donors (Lipinski definition) is 0. The molecule has 0 radical (unpaired) electrons. The second-order valence-corrected chi connectivity index (χ2v) is 8.63. The highest BCUT2D eigenvalue weighted by Crippen LogP contribution is 2.29. The number of ether oxygens (including phenoxy) is 2. The summed E-state index contributed by atoms with van der Waals surface area (Å²) in [7, 11) is 3.17. The number of thiazole rings is 1. The molecule has 9 heteroatoms. The largest absolute Gasteiger partial charge is 0.493 e. The molecule has 5 aromatic rings. The van der Waals surface area contributed by atoms with Crippen molar-refractivity contribution in [1.29, 1.82) is 0 Å². The number of rotatable bonds is 6. The van der Waals surface area contributed by atoms with Crippen LogP contribution in [0.2, 0.25) is 5.02 Å². The van der Waals surface area contributed by atoms with Crippen LogP contribution in [0.15, 0.2) is 63.8 Å². The fourth-order valence-electron chi connectivity index (χ4n) is 3.41. The maximum Gasteiger partial charge on any atom is 0.291 e. The number of benzene rings is 2. The summed E-state index contributed by atoms with van der Waals surface area (Å²) in [5.41, 5.74) is 1.42. The third-order valence-electron chi connectivity index (χ3n) is 5.07. The average Bonchev–Trinajstić information content (AvgIpc) is 3.55. The first-order valence-electron chi connectivity index (χ1n) is 10.2. The number of nitrogens with zero attached hydrogens (tertiary/aromatic N) is 3. The van der Waals surface area contributed by atoms with E-state index in [0.29, 0.717) is 43.4 Å². The number of hydrogen-bond acceptors (Lipinski definition) is 7. The molecule has 3 aromatic heterocycles. The van der Waals surface area contributed by atoms with E-state index in [2.05, 4.69) is 10.1 Å². The summed E-state index contributed by atoms with van der Waals surface area (Å²) in [6, 6.07) is 16.6. The van der Waals surface area contributed by atoms with Gasteiger partial charge in [-0.3, -0.25) is 4.79 Å². The topological polar surface area (TPSA) is 78.9 Å². The van der Waals surface area contributed by atoms with Gasteiger partial charge in [0.1, 0.15) is 16.1 Å². The van der Waals surface area contributed by atoms with E-state index in [4.69, 9.17) is 25.5 Å². The van der Waals surface area contributed by atoms with Crippen LogP contribution in [-0.4, -0.2) is 28.8 Å². The van der Waals surface area contributed by atoms with E-state index in [1.807, 2.05) is 48.5 Å². The van der Waals surface area contributed by atoms with Crippen molar-refractivity contribution >= 4 is 46.1 Å². The molecule has 0 aliphatic rings. The van der Waals surface area contributed by atoms with E-state index in [1.54, 1.807) is 38.5 Å². The molecular formula is C25H18ClN3O4S. The third-order valence-corrected chi connectivity index (χ3v) is 6.36. The molecule has 0 amide bonds. The van der Waals surface area contributed by atoms with Crippen molar-refractivity contribution in [2.24, 2.45) is 0 Å². The fraction of sp³-hybridized carbons (Fsp3) is 0.0800. The van der Waals surface area contributed by atoms with Crippen LogP contribution in [0, 0.1) is 0 Å². The van der Waals surface area contributed by atoms with Crippen LogP contribution in [0.5, 0.6) is 11.5 Å². The van der Waals surface area contributed by atoms with E-state index in [0.717, 1.165) is 11.1 Å². The van der Waals surface area contributed by atoms with Crippen LogP contribution in [0.1, 0.15) is 17.1 Å². The summed E-state index contributed by atoms with van der Waals surface area (Å²) >= 11 is 7.49. The minimum Gasteiger partial charge on any atom is -0.493 e. The minimum atomic E-state index is -0.256. The predicted octanol–water partition coefficient (Wildman–Crippen LogP) is 4.80. The molecule has 0 unspecified atom stereocenters. The minimum absolute atomic E-state index is 0.256. The standard InChI is InChI=1S/C25H18ClN3O4S/c1-31-20-10-7-15(13-21(20)32-2)8-12-23-27-25-29(28-23)24(30)22(34-25)14-16-9-11-19(33-16)17-5-3-4-6-18(17)26/h3-14H,1-2H3/b12-8+,22-14-. The Morgan fingerprint density at radius 1 is 1.03 bits per heavy atom. The molecule has 0 spiro atoms. The zero-order chi connectivity index (χ0) is 23.7. The van der Waals surface area contributed by atoms with Crippen molar-refractivity contribution in [2.75, 3.05) is 14.2 Å². The number of fused-ring (bicyclic) bond motifs is 1. The highest BCUT2D eigenvalue weighted by atomic mass is 35.5. The molecule has 0 aliphatic carbocycles. The molecule has 0 atom stereocenters. The maximum absolute atomic E-state index is 12.8. The van der Waals surface area contributed by atoms with Gasteiger partial charge in [-0.05, 0) is 48.0 Å². The van der Waals surface area contributed by atoms with Gasteiger partial charge in [-0.15, -0.1) is 5.10 Å². The molecule has 7 nitrogen and oxygen atoms in total. The average molecular weight is 492 g/mol. The second kappa shape index (κ2) is 9.17. The predicted molar refractivity (Wildman–Crippen MR) is 134 cm³/mol. The molecule has 170 valence electrons. The Morgan fingerprint density at radius 3 is 2.62 bits per heavy atom. The molecule has 0 fully saturated rings. The summed E-state index contributed by atoms with van der Waals surface area (Å²) in [5.74, 6) is 2.89. The highest BCUT2D eigenvalue weighted by Gasteiger charge is 2.11. The molecule has 5 rings (SSSR count). The van der Waals surface area contributed by atoms with Gasteiger partial charge in [0.15, 0.2) is 17.3 Å². The molecule has 0 N–H and O–H groups in total. The van der Waals surface area contributed by atoms with Gasteiger partial charge in [-0.25, -0.2) is 0 Å². The van der Waals surface area contributed by atoms with Gasteiger partial charge in [0.05, 0.1) is 19.2 Å². The van der Waals surface area contributed by atoms with Crippen molar-refractivity contribution in [3.05, 3.63) is 91.7 Å². The lowest BCUT2D eigenvalue weighted by atomic mass is 10.2. The van der Waals surface area contributed by atoms with Gasteiger partial charge in [-0.2, -0.15) is 9.50 Å². The Kier molecular flexibility index (Phi) is 5.91. The lowest BCUT2D eigenvalue weighted by Crippen LogP contribution is -2.23. The highest BCUT2D eigenvalue weighted by molar-refractivity contribution is 7.15. The van der Waals surface area contributed by atoms with Gasteiger partial charge < -0.3 is 13.9 Å². The zero-order valence-corrected chi connectivity index (χ0v) is 19.8. The second-order valence-electron chi connectivity index (χ2n) is 7.21. The van der Waals surface area contributed by atoms with Crippen LogP contribution in [0.25, 0.3) is 34.5 Å². The molecule has 0 bridgehead atoms. The molecular weight excluding hydrogens is 474 g/mol. The zero-order valence-electron chi connectivity index (χ0n) is 18.2. The molecule has 0 saturated heterocycles. The Morgan fingerprint density at radius 2 is 1.85 bits per heavy atom. The first kappa shape index (κ1) is 21.9. The summed E-state index contributed by atoms with van der Waals surface area (Å²) in [4.78, 5) is 17.8. The van der Waals surface area contributed by atoms with Crippen molar-refractivity contribution in [3.63, 3.8) is 0 Å². The van der Waals surface area contributed by atoms with Gasteiger partial charge in [0, 0.05) is 11.6 Å². The Balaban J connectivity index is 1.41. The summed E-state index contributed by atoms with van der Waals surface area (Å²) < 4.78 is 18.2. The van der Waals surface area contributed by atoms with Crippen LogP contribution < -0.4 is 19.6 Å².